The van der Waals surface area contributed by atoms with Crippen LogP contribution in [-0.4, -0.2) is 29.6 Å². The van der Waals surface area contributed by atoms with Gasteiger partial charge in [-0.15, -0.1) is 0 Å². The molecule has 1 aliphatic heterocycles. The van der Waals surface area contributed by atoms with Crippen molar-refractivity contribution in [3.8, 4) is 0 Å². The number of rotatable bonds is 2. The highest BCUT2D eigenvalue weighted by Gasteiger charge is 2.23. The number of likely N-dealkylation sites (tertiary alicyclic amines) is 1. The van der Waals surface area contributed by atoms with Crippen molar-refractivity contribution in [2.75, 3.05) is 13.1 Å². The lowest BCUT2D eigenvalue weighted by Crippen LogP contribution is -2.50. The Morgan fingerprint density at radius 1 is 1.42 bits per heavy atom. The van der Waals surface area contributed by atoms with Crippen LogP contribution in [0.2, 0.25) is 0 Å². The fourth-order valence-electron chi connectivity index (χ4n) is 1.92. The Balaban J connectivity index is 2.39. The topological polar surface area (TPSA) is 29.3 Å². The van der Waals surface area contributed by atoms with Gasteiger partial charge in [0.2, 0.25) is 0 Å². The third kappa shape index (κ3) is 3.11. The summed E-state index contributed by atoms with van der Waals surface area (Å²) < 4.78 is 0. The lowest BCUT2D eigenvalue weighted by molar-refractivity contribution is 0.134. The SMILES string of the molecule is CC1CCCCN1CC(C)(C)N. The van der Waals surface area contributed by atoms with E-state index in [1.807, 2.05) is 0 Å². The number of nitrogens with two attached hydrogens (primary N) is 1. The molecule has 1 fully saturated rings. The molecule has 0 aliphatic carbocycles. The van der Waals surface area contributed by atoms with Gasteiger partial charge < -0.3 is 5.73 Å². The fraction of sp³-hybridized carbons (Fsp3) is 1.00. The van der Waals surface area contributed by atoms with Gasteiger partial charge in [0.25, 0.3) is 0 Å². The zero-order chi connectivity index (χ0) is 9.19. The molecule has 72 valence electrons. The van der Waals surface area contributed by atoms with E-state index in [0.717, 1.165) is 12.6 Å². The van der Waals surface area contributed by atoms with Crippen molar-refractivity contribution in [1.82, 2.24) is 4.90 Å². The van der Waals surface area contributed by atoms with E-state index >= 15 is 0 Å². The summed E-state index contributed by atoms with van der Waals surface area (Å²) in [6, 6.07) is 0.738. The van der Waals surface area contributed by atoms with Gasteiger partial charge in [0.05, 0.1) is 0 Å². The first kappa shape index (κ1) is 10.0. The Kier molecular flexibility index (Phi) is 3.13. The summed E-state index contributed by atoms with van der Waals surface area (Å²) in [6.07, 6.45) is 4.08. The van der Waals surface area contributed by atoms with Gasteiger partial charge in [-0.25, -0.2) is 0 Å². The van der Waals surface area contributed by atoms with Crippen LogP contribution in [0, 0.1) is 0 Å². The van der Waals surface area contributed by atoms with E-state index in [2.05, 4.69) is 25.7 Å². The third-order valence-corrected chi connectivity index (χ3v) is 2.55. The summed E-state index contributed by atoms with van der Waals surface area (Å²) in [5, 5.41) is 0. The van der Waals surface area contributed by atoms with Gasteiger partial charge in [-0.3, -0.25) is 4.90 Å². The van der Waals surface area contributed by atoms with Gasteiger partial charge >= 0.3 is 0 Å². The van der Waals surface area contributed by atoms with Crippen LogP contribution in [0.5, 0.6) is 0 Å². The molecular weight excluding hydrogens is 148 g/mol. The second kappa shape index (κ2) is 3.75. The minimum absolute atomic E-state index is 0.0361. The molecule has 0 spiro atoms. The molecule has 0 saturated carbocycles. The Morgan fingerprint density at radius 3 is 2.58 bits per heavy atom. The molecule has 0 amide bonds. The second-order valence-electron chi connectivity index (χ2n) is 4.80. The van der Waals surface area contributed by atoms with E-state index in [0.29, 0.717) is 0 Å². The Labute approximate surface area is 76.1 Å². The molecule has 1 unspecified atom stereocenters. The molecule has 1 atom stereocenters. The molecule has 0 aromatic carbocycles. The van der Waals surface area contributed by atoms with Gasteiger partial charge in [0.15, 0.2) is 0 Å². The van der Waals surface area contributed by atoms with Crippen molar-refractivity contribution in [2.45, 2.75) is 51.6 Å². The van der Waals surface area contributed by atoms with E-state index in [1.165, 1.54) is 25.8 Å². The maximum atomic E-state index is 5.99. The highest BCUT2D eigenvalue weighted by molar-refractivity contribution is 4.82. The van der Waals surface area contributed by atoms with E-state index in [4.69, 9.17) is 5.73 Å². The van der Waals surface area contributed by atoms with Gasteiger partial charge in [-0.1, -0.05) is 6.42 Å². The van der Waals surface area contributed by atoms with Crippen molar-refractivity contribution in [3.05, 3.63) is 0 Å². The van der Waals surface area contributed by atoms with Gasteiger partial charge in [0, 0.05) is 18.1 Å². The Hall–Kier alpha value is -0.0800. The van der Waals surface area contributed by atoms with Crippen LogP contribution in [0.25, 0.3) is 0 Å². The number of hydrogen-bond acceptors (Lipinski definition) is 2. The molecule has 1 rings (SSSR count). The van der Waals surface area contributed by atoms with Crippen LogP contribution in [0.3, 0.4) is 0 Å². The van der Waals surface area contributed by atoms with Crippen LogP contribution in [-0.2, 0) is 0 Å². The molecule has 0 aromatic heterocycles. The summed E-state index contributed by atoms with van der Waals surface area (Å²) in [6.45, 7) is 8.80. The summed E-state index contributed by atoms with van der Waals surface area (Å²) >= 11 is 0. The highest BCUT2D eigenvalue weighted by atomic mass is 15.2. The van der Waals surface area contributed by atoms with Gasteiger partial charge in [-0.2, -0.15) is 0 Å². The average Bonchev–Trinajstić information content (AvgIpc) is 1.91. The van der Waals surface area contributed by atoms with Crippen molar-refractivity contribution >= 4 is 0 Å². The van der Waals surface area contributed by atoms with Crippen LogP contribution < -0.4 is 5.73 Å². The minimum Gasteiger partial charge on any atom is -0.324 e. The van der Waals surface area contributed by atoms with Crippen LogP contribution in [0.1, 0.15) is 40.0 Å². The standard InChI is InChI=1S/C10H22N2/c1-9-6-4-5-7-12(9)8-10(2,3)11/h9H,4-8,11H2,1-3H3. The van der Waals surface area contributed by atoms with E-state index in [1.54, 1.807) is 0 Å². The zero-order valence-corrected chi connectivity index (χ0v) is 8.64. The zero-order valence-electron chi connectivity index (χ0n) is 8.64. The average molecular weight is 170 g/mol. The molecule has 0 radical (unpaired) electrons. The maximum Gasteiger partial charge on any atom is 0.0226 e. The summed E-state index contributed by atoms with van der Waals surface area (Å²) in [7, 11) is 0. The first-order valence-corrected chi connectivity index (χ1v) is 5.02. The van der Waals surface area contributed by atoms with Gasteiger partial charge in [0.1, 0.15) is 0 Å². The molecule has 1 heterocycles. The molecule has 1 saturated heterocycles. The maximum absolute atomic E-state index is 5.99. The molecule has 0 aromatic rings. The van der Waals surface area contributed by atoms with E-state index in [-0.39, 0.29) is 5.54 Å². The molecule has 12 heavy (non-hydrogen) atoms. The first-order chi connectivity index (χ1) is 5.49. The molecular formula is C10H22N2. The van der Waals surface area contributed by atoms with Crippen molar-refractivity contribution in [1.29, 1.82) is 0 Å². The quantitative estimate of drug-likeness (QED) is 0.682. The Morgan fingerprint density at radius 2 is 2.08 bits per heavy atom. The number of hydrogen-bond donors (Lipinski definition) is 1. The monoisotopic (exact) mass is 170 g/mol. The predicted octanol–water partition coefficient (Wildman–Crippen LogP) is 1.60. The van der Waals surface area contributed by atoms with Crippen molar-refractivity contribution in [3.63, 3.8) is 0 Å². The Bertz CT molecular complexity index is 137. The number of piperidine rings is 1. The van der Waals surface area contributed by atoms with Crippen LogP contribution >= 0.6 is 0 Å². The van der Waals surface area contributed by atoms with Crippen molar-refractivity contribution < 1.29 is 0 Å². The summed E-state index contributed by atoms with van der Waals surface area (Å²) in [5.41, 5.74) is 5.95. The van der Waals surface area contributed by atoms with E-state index in [9.17, 15) is 0 Å². The number of nitrogens with zero attached hydrogens (tertiary/aromatic N) is 1. The summed E-state index contributed by atoms with van der Waals surface area (Å²) in [5.74, 6) is 0. The van der Waals surface area contributed by atoms with Crippen LogP contribution in [0.15, 0.2) is 0 Å². The van der Waals surface area contributed by atoms with Crippen LogP contribution in [0.4, 0.5) is 0 Å². The molecule has 2 heteroatoms. The molecule has 2 N–H and O–H groups in total. The summed E-state index contributed by atoms with van der Waals surface area (Å²) in [4.78, 5) is 2.52. The van der Waals surface area contributed by atoms with E-state index < -0.39 is 0 Å². The molecule has 0 bridgehead atoms. The normalized spacial score (nSPS) is 27.5. The lowest BCUT2D eigenvalue weighted by atomic mass is 9.99. The fourth-order valence-corrected chi connectivity index (χ4v) is 1.92. The largest absolute Gasteiger partial charge is 0.324 e. The minimum atomic E-state index is -0.0361. The third-order valence-electron chi connectivity index (χ3n) is 2.55. The predicted molar refractivity (Wildman–Crippen MR) is 53.2 cm³/mol. The molecule has 2 nitrogen and oxygen atoms in total. The smallest absolute Gasteiger partial charge is 0.0226 e. The van der Waals surface area contributed by atoms with Crippen molar-refractivity contribution in [2.24, 2.45) is 5.73 Å². The highest BCUT2D eigenvalue weighted by Crippen LogP contribution is 2.17. The van der Waals surface area contributed by atoms with Gasteiger partial charge in [-0.05, 0) is 40.2 Å². The first-order valence-electron chi connectivity index (χ1n) is 5.02. The lowest BCUT2D eigenvalue weighted by Gasteiger charge is -2.37. The molecule has 1 aliphatic rings. The second-order valence-corrected chi connectivity index (χ2v) is 4.80.